The Balaban J connectivity index is 0.00000392. The molecule has 1 unspecified atom stereocenters. The highest BCUT2D eigenvalue weighted by atomic mass is 127. The summed E-state index contributed by atoms with van der Waals surface area (Å²) in [4.78, 5) is 4.35. The first-order valence-electron chi connectivity index (χ1n) is 9.45. The van der Waals surface area contributed by atoms with Gasteiger partial charge in [-0.1, -0.05) is 12.1 Å². The topological polar surface area (TPSA) is 63.5 Å². The fourth-order valence-electron chi connectivity index (χ4n) is 3.24. The quantitative estimate of drug-likeness (QED) is 0.349. The van der Waals surface area contributed by atoms with Gasteiger partial charge in [0.25, 0.3) is 0 Å². The minimum Gasteiger partial charge on any atom is -0.496 e. The monoisotopic (exact) mass is 499 g/mol. The van der Waals surface area contributed by atoms with Gasteiger partial charge in [-0.2, -0.15) is 5.10 Å². The van der Waals surface area contributed by atoms with Crippen molar-refractivity contribution in [3.8, 4) is 5.75 Å². The molecule has 2 N–H and O–H groups in total. The molecule has 6 nitrogen and oxygen atoms in total. The Labute approximate surface area is 186 Å². The van der Waals surface area contributed by atoms with Crippen LogP contribution < -0.4 is 15.4 Å². The van der Waals surface area contributed by atoms with Gasteiger partial charge in [-0.25, -0.2) is 0 Å². The van der Waals surface area contributed by atoms with Crippen molar-refractivity contribution in [3.05, 3.63) is 46.3 Å². The van der Waals surface area contributed by atoms with Gasteiger partial charge in [-0.3, -0.25) is 9.67 Å². The third-order valence-corrected chi connectivity index (χ3v) is 4.95. The standard InChI is InChI=1S/C21H33N5O.HI/c1-14-8-9-18(13-20(14)27-7)10-11-23-21(22-5)24-15(2)12-19-16(3)25-26(6)17(19)4;/h8-9,13,15H,10-12H2,1-7H3,(H2,22,23,24);1H. The van der Waals surface area contributed by atoms with Crippen molar-refractivity contribution in [1.29, 1.82) is 0 Å². The van der Waals surface area contributed by atoms with Crippen molar-refractivity contribution in [1.82, 2.24) is 20.4 Å². The normalized spacial score (nSPS) is 12.3. The molecule has 156 valence electrons. The molecule has 1 atom stereocenters. The molecule has 0 amide bonds. The van der Waals surface area contributed by atoms with Gasteiger partial charge < -0.3 is 15.4 Å². The molecule has 0 aliphatic heterocycles. The maximum absolute atomic E-state index is 5.40. The van der Waals surface area contributed by atoms with Gasteiger partial charge in [0.05, 0.1) is 12.8 Å². The van der Waals surface area contributed by atoms with Crippen molar-refractivity contribution in [3.63, 3.8) is 0 Å². The molecular weight excluding hydrogens is 465 g/mol. The summed E-state index contributed by atoms with van der Waals surface area (Å²) in [5.41, 5.74) is 6.02. The number of methoxy groups -OCH3 is 1. The van der Waals surface area contributed by atoms with Crippen LogP contribution in [0.15, 0.2) is 23.2 Å². The average molecular weight is 499 g/mol. The summed E-state index contributed by atoms with van der Waals surface area (Å²) in [6, 6.07) is 6.61. The van der Waals surface area contributed by atoms with Crippen molar-refractivity contribution >= 4 is 29.9 Å². The molecule has 0 fully saturated rings. The number of aromatic nitrogens is 2. The van der Waals surface area contributed by atoms with E-state index in [-0.39, 0.29) is 30.0 Å². The molecule has 1 aromatic heterocycles. The van der Waals surface area contributed by atoms with E-state index in [1.807, 2.05) is 11.7 Å². The predicted molar refractivity (Wildman–Crippen MR) is 127 cm³/mol. The van der Waals surface area contributed by atoms with Crippen LogP contribution in [0, 0.1) is 20.8 Å². The molecule has 0 saturated heterocycles. The molecule has 0 aliphatic carbocycles. The minimum atomic E-state index is 0. The summed E-state index contributed by atoms with van der Waals surface area (Å²) in [5, 5.41) is 11.4. The first kappa shape index (κ1) is 24.3. The first-order chi connectivity index (χ1) is 12.8. The van der Waals surface area contributed by atoms with Crippen molar-refractivity contribution in [2.45, 2.75) is 46.6 Å². The van der Waals surface area contributed by atoms with Crippen molar-refractivity contribution in [2.75, 3.05) is 20.7 Å². The second-order valence-electron chi connectivity index (χ2n) is 7.08. The number of ether oxygens (including phenoxy) is 1. The predicted octanol–water partition coefficient (Wildman–Crippen LogP) is 3.31. The molecular formula is C21H34IN5O. The summed E-state index contributed by atoms with van der Waals surface area (Å²) in [6.07, 6.45) is 1.83. The van der Waals surface area contributed by atoms with E-state index in [0.717, 1.165) is 42.4 Å². The van der Waals surface area contributed by atoms with Gasteiger partial charge in [-0.05, 0) is 63.3 Å². The van der Waals surface area contributed by atoms with E-state index in [1.165, 1.54) is 16.8 Å². The Morgan fingerprint density at radius 1 is 1.29 bits per heavy atom. The highest BCUT2D eigenvalue weighted by Gasteiger charge is 2.14. The van der Waals surface area contributed by atoms with E-state index in [9.17, 15) is 0 Å². The number of halogens is 1. The van der Waals surface area contributed by atoms with Crippen molar-refractivity contribution in [2.24, 2.45) is 12.0 Å². The van der Waals surface area contributed by atoms with Crippen LogP contribution in [0.1, 0.15) is 35.0 Å². The lowest BCUT2D eigenvalue weighted by Gasteiger charge is -2.18. The molecule has 0 bridgehead atoms. The number of rotatable bonds is 7. The summed E-state index contributed by atoms with van der Waals surface area (Å²) in [5.74, 6) is 1.76. The van der Waals surface area contributed by atoms with E-state index in [2.05, 4.69) is 66.6 Å². The third-order valence-electron chi connectivity index (χ3n) is 4.95. The van der Waals surface area contributed by atoms with Crippen LogP contribution in [-0.2, 0) is 19.9 Å². The fourth-order valence-corrected chi connectivity index (χ4v) is 3.24. The molecule has 1 heterocycles. The van der Waals surface area contributed by atoms with E-state index in [4.69, 9.17) is 4.74 Å². The Kier molecular flexibility index (Phi) is 9.78. The van der Waals surface area contributed by atoms with Crippen LogP contribution in [0.5, 0.6) is 5.75 Å². The first-order valence-corrected chi connectivity index (χ1v) is 9.45. The maximum Gasteiger partial charge on any atom is 0.191 e. The summed E-state index contributed by atoms with van der Waals surface area (Å²) in [7, 11) is 5.51. The van der Waals surface area contributed by atoms with Gasteiger partial charge in [-0.15, -0.1) is 24.0 Å². The Morgan fingerprint density at radius 2 is 2.00 bits per heavy atom. The zero-order valence-corrected chi connectivity index (χ0v) is 20.4. The molecule has 0 radical (unpaired) electrons. The summed E-state index contributed by atoms with van der Waals surface area (Å²) >= 11 is 0. The number of benzene rings is 1. The lowest BCUT2D eigenvalue weighted by atomic mass is 10.1. The van der Waals surface area contributed by atoms with Crippen molar-refractivity contribution < 1.29 is 4.74 Å². The van der Waals surface area contributed by atoms with Crippen LogP contribution in [0.4, 0.5) is 0 Å². The third kappa shape index (κ3) is 6.39. The van der Waals surface area contributed by atoms with Gasteiger partial charge >= 0.3 is 0 Å². The number of aryl methyl sites for hydroxylation is 3. The minimum absolute atomic E-state index is 0. The molecule has 2 aromatic rings. The Hall–Kier alpha value is -1.77. The molecule has 2 rings (SSSR count). The number of nitrogens with one attached hydrogen (secondary N) is 2. The molecule has 0 spiro atoms. The van der Waals surface area contributed by atoms with Crippen LogP contribution in [0.25, 0.3) is 0 Å². The number of aliphatic imine (C=N–C) groups is 1. The lowest BCUT2D eigenvalue weighted by molar-refractivity contribution is 0.411. The van der Waals surface area contributed by atoms with Gasteiger partial charge in [0.2, 0.25) is 0 Å². The van der Waals surface area contributed by atoms with E-state index in [0.29, 0.717) is 0 Å². The Bertz CT molecular complexity index is 800. The van der Waals surface area contributed by atoms with Crippen LogP contribution in [0.2, 0.25) is 0 Å². The highest BCUT2D eigenvalue weighted by molar-refractivity contribution is 14.0. The SMILES string of the molecule is CN=C(NCCc1ccc(C)c(OC)c1)NC(C)Cc1c(C)nn(C)c1C.I. The zero-order chi connectivity index (χ0) is 20.0. The summed E-state index contributed by atoms with van der Waals surface area (Å²) in [6.45, 7) is 9.22. The average Bonchev–Trinajstić information content (AvgIpc) is 2.88. The van der Waals surface area contributed by atoms with E-state index < -0.39 is 0 Å². The van der Waals surface area contributed by atoms with E-state index in [1.54, 1.807) is 14.2 Å². The maximum atomic E-state index is 5.40. The lowest BCUT2D eigenvalue weighted by Crippen LogP contribution is -2.43. The number of nitrogens with zero attached hydrogens (tertiary/aromatic N) is 3. The van der Waals surface area contributed by atoms with Crippen LogP contribution in [-0.4, -0.2) is 42.5 Å². The molecule has 7 heteroatoms. The summed E-state index contributed by atoms with van der Waals surface area (Å²) < 4.78 is 7.35. The number of hydrogen-bond acceptors (Lipinski definition) is 3. The fraction of sp³-hybridized carbons (Fsp3) is 0.524. The van der Waals surface area contributed by atoms with Gasteiger partial charge in [0.1, 0.15) is 5.75 Å². The second kappa shape index (κ2) is 11.3. The van der Waals surface area contributed by atoms with Crippen LogP contribution >= 0.6 is 24.0 Å². The van der Waals surface area contributed by atoms with E-state index >= 15 is 0 Å². The zero-order valence-electron chi connectivity index (χ0n) is 18.1. The number of guanidine groups is 1. The second-order valence-corrected chi connectivity index (χ2v) is 7.08. The number of hydrogen-bond donors (Lipinski definition) is 2. The highest BCUT2D eigenvalue weighted by Crippen LogP contribution is 2.19. The molecule has 1 aromatic carbocycles. The van der Waals surface area contributed by atoms with Crippen LogP contribution in [0.3, 0.4) is 0 Å². The largest absolute Gasteiger partial charge is 0.496 e. The smallest absolute Gasteiger partial charge is 0.191 e. The molecule has 0 saturated carbocycles. The van der Waals surface area contributed by atoms with Gasteiger partial charge in [0, 0.05) is 32.4 Å². The van der Waals surface area contributed by atoms with Gasteiger partial charge in [0.15, 0.2) is 5.96 Å². The molecule has 28 heavy (non-hydrogen) atoms. The molecule has 0 aliphatic rings. The Morgan fingerprint density at radius 3 is 2.57 bits per heavy atom.